The van der Waals surface area contributed by atoms with E-state index in [9.17, 15) is 0 Å². The summed E-state index contributed by atoms with van der Waals surface area (Å²) >= 11 is 0. The molecule has 2 aromatic carbocycles. The van der Waals surface area contributed by atoms with Gasteiger partial charge in [-0.15, -0.1) is 0 Å². The van der Waals surface area contributed by atoms with Crippen molar-refractivity contribution >= 4 is 18.1 Å². The van der Waals surface area contributed by atoms with E-state index in [2.05, 4.69) is 59.2 Å². The summed E-state index contributed by atoms with van der Waals surface area (Å²) in [6, 6.07) is 20.5. The summed E-state index contributed by atoms with van der Waals surface area (Å²) in [7, 11) is 0. The number of aliphatic imine (C=N–C) groups is 2. The van der Waals surface area contributed by atoms with Gasteiger partial charge in [-0.3, -0.25) is 4.99 Å². The maximum Gasteiger partial charge on any atom is 0.153 e. The smallest absolute Gasteiger partial charge is 0.153 e. The van der Waals surface area contributed by atoms with Gasteiger partial charge < -0.3 is 0 Å². The molecule has 1 aliphatic carbocycles. The Hall–Kier alpha value is -2.74. The number of amidine groups is 1. The summed E-state index contributed by atoms with van der Waals surface area (Å²) in [4.78, 5) is 8.71. The molecule has 1 atom stereocenters. The van der Waals surface area contributed by atoms with Crippen LogP contribution in [0.25, 0.3) is 5.57 Å². The molecule has 3 rings (SSSR count). The largest absolute Gasteiger partial charge is 0.266 e. The van der Waals surface area contributed by atoms with E-state index in [1.807, 2.05) is 36.4 Å². The molecule has 2 aromatic rings. The first-order valence-corrected chi connectivity index (χ1v) is 7.87. The van der Waals surface area contributed by atoms with Crippen LogP contribution in [0.3, 0.4) is 0 Å². The van der Waals surface area contributed by atoms with Crippen molar-refractivity contribution in [2.24, 2.45) is 15.9 Å². The van der Waals surface area contributed by atoms with E-state index in [4.69, 9.17) is 0 Å². The highest BCUT2D eigenvalue weighted by atomic mass is 14.9. The molecule has 0 unspecified atom stereocenters. The van der Waals surface area contributed by atoms with Gasteiger partial charge in [-0.1, -0.05) is 78.9 Å². The Balaban J connectivity index is 1.65. The first-order chi connectivity index (χ1) is 11.4. The fourth-order valence-corrected chi connectivity index (χ4v) is 2.67. The molecule has 0 saturated heterocycles. The Morgan fingerprint density at radius 1 is 1.00 bits per heavy atom. The lowest BCUT2D eigenvalue weighted by Crippen LogP contribution is -2.07. The normalized spacial score (nSPS) is 17.7. The van der Waals surface area contributed by atoms with E-state index in [0.29, 0.717) is 5.92 Å². The standard InChI is InChI=1S/C21H20N2/c1-22-21(20-10-6-3-7-11-20)23-16-17-12-14-19(15-13-17)18-8-4-2-5-9-18/h2-12,14-15,17H,1,13,16H2/b23-21-/t17-/m0/s1. The minimum absolute atomic E-state index is 0.419. The van der Waals surface area contributed by atoms with E-state index in [0.717, 1.165) is 24.4 Å². The van der Waals surface area contributed by atoms with Crippen LogP contribution in [0.2, 0.25) is 0 Å². The SMILES string of the molecule is C=N/C(=N\C[C@H]1C=CC(c2ccccc2)=CC1)c1ccccc1. The molecule has 0 heterocycles. The zero-order chi connectivity index (χ0) is 15.9. The summed E-state index contributed by atoms with van der Waals surface area (Å²) in [5.74, 6) is 1.14. The Bertz CT molecular complexity index is 740. The highest BCUT2D eigenvalue weighted by Gasteiger charge is 2.10. The van der Waals surface area contributed by atoms with E-state index in [-0.39, 0.29) is 0 Å². The molecule has 1 aliphatic rings. The van der Waals surface area contributed by atoms with Crippen molar-refractivity contribution in [2.45, 2.75) is 6.42 Å². The molecule has 0 fully saturated rings. The molecule has 2 heteroatoms. The monoisotopic (exact) mass is 300 g/mol. The van der Waals surface area contributed by atoms with Gasteiger partial charge in [0.15, 0.2) is 5.84 Å². The predicted molar refractivity (Wildman–Crippen MR) is 99.1 cm³/mol. The lowest BCUT2D eigenvalue weighted by atomic mass is 9.93. The van der Waals surface area contributed by atoms with Crippen molar-refractivity contribution in [2.75, 3.05) is 6.54 Å². The Kier molecular flexibility index (Phi) is 4.95. The third-order valence-corrected chi connectivity index (χ3v) is 3.95. The molecule has 0 aromatic heterocycles. The van der Waals surface area contributed by atoms with Gasteiger partial charge >= 0.3 is 0 Å². The highest BCUT2D eigenvalue weighted by Crippen LogP contribution is 2.24. The van der Waals surface area contributed by atoms with Crippen molar-refractivity contribution in [3.8, 4) is 0 Å². The van der Waals surface area contributed by atoms with E-state index >= 15 is 0 Å². The molecule has 0 aliphatic heterocycles. The lowest BCUT2D eigenvalue weighted by molar-refractivity contribution is 0.672. The highest BCUT2D eigenvalue weighted by molar-refractivity contribution is 6.01. The van der Waals surface area contributed by atoms with Crippen LogP contribution in [0.5, 0.6) is 0 Å². The van der Waals surface area contributed by atoms with Crippen LogP contribution in [0.4, 0.5) is 0 Å². The topological polar surface area (TPSA) is 24.7 Å². The Morgan fingerprint density at radius 2 is 1.70 bits per heavy atom. The average Bonchev–Trinajstić information content (AvgIpc) is 2.64. The molecule has 0 spiro atoms. The molecule has 114 valence electrons. The second-order valence-corrected chi connectivity index (χ2v) is 5.57. The van der Waals surface area contributed by atoms with E-state index in [1.165, 1.54) is 11.1 Å². The first-order valence-electron chi connectivity index (χ1n) is 7.87. The maximum atomic E-state index is 4.64. The second kappa shape index (κ2) is 7.50. The van der Waals surface area contributed by atoms with Gasteiger partial charge in [-0.2, -0.15) is 0 Å². The third kappa shape index (κ3) is 3.92. The fraction of sp³-hybridized carbons (Fsp3) is 0.143. The van der Waals surface area contributed by atoms with Gasteiger partial charge in [-0.25, -0.2) is 4.99 Å². The van der Waals surface area contributed by atoms with Crippen molar-refractivity contribution in [1.82, 2.24) is 0 Å². The number of allylic oxidation sites excluding steroid dienone is 3. The van der Waals surface area contributed by atoms with Gasteiger partial charge in [0.1, 0.15) is 0 Å². The maximum absolute atomic E-state index is 4.64. The molecule has 2 nitrogen and oxygen atoms in total. The zero-order valence-corrected chi connectivity index (χ0v) is 13.1. The van der Waals surface area contributed by atoms with Crippen LogP contribution in [-0.4, -0.2) is 19.1 Å². The first kappa shape index (κ1) is 15.2. The van der Waals surface area contributed by atoms with Gasteiger partial charge in [0, 0.05) is 18.0 Å². The van der Waals surface area contributed by atoms with Gasteiger partial charge in [-0.05, 0) is 24.3 Å². The van der Waals surface area contributed by atoms with Crippen LogP contribution in [-0.2, 0) is 0 Å². The van der Waals surface area contributed by atoms with Crippen LogP contribution >= 0.6 is 0 Å². The molecule has 0 N–H and O–H groups in total. The number of hydrogen-bond acceptors (Lipinski definition) is 1. The Morgan fingerprint density at radius 3 is 2.30 bits per heavy atom. The molecular formula is C21H20N2. The molecule has 0 bridgehead atoms. The number of benzene rings is 2. The molecular weight excluding hydrogens is 280 g/mol. The van der Waals surface area contributed by atoms with Crippen molar-refractivity contribution < 1.29 is 0 Å². The minimum Gasteiger partial charge on any atom is -0.266 e. The van der Waals surface area contributed by atoms with Crippen molar-refractivity contribution in [3.05, 3.63) is 90.0 Å². The summed E-state index contributed by atoms with van der Waals surface area (Å²) in [6.45, 7) is 4.38. The third-order valence-electron chi connectivity index (χ3n) is 3.95. The van der Waals surface area contributed by atoms with Crippen LogP contribution in [0.1, 0.15) is 17.5 Å². The predicted octanol–water partition coefficient (Wildman–Crippen LogP) is 4.79. The van der Waals surface area contributed by atoms with E-state index < -0.39 is 0 Å². The van der Waals surface area contributed by atoms with Crippen LogP contribution in [0.15, 0.2) is 88.9 Å². The summed E-state index contributed by atoms with van der Waals surface area (Å²) in [5.41, 5.74) is 3.57. The van der Waals surface area contributed by atoms with Crippen LogP contribution < -0.4 is 0 Å². The van der Waals surface area contributed by atoms with Gasteiger partial charge in [0.25, 0.3) is 0 Å². The number of nitrogens with zero attached hydrogens (tertiary/aromatic N) is 2. The molecule has 0 amide bonds. The molecule has 0 saturated carbocycles. The second-order valence-electron chi connectivity index (χ2n) is 5.57. The van der Waals surface area contributed by atoms with Gasteiger partial charge in [0.2, 0.25) is 0 Å². The van der Waals surface area contributed by atoms with Crippen LogP contribution in [0, 0.1) is 5.92 Å². The van der Waals surface area contributed by atoms with Crippen molar-refractivity contribution in [3.63, 3.8) is 0 Å². The minimum atomic E-state index is 0.419. The average molecular weight is 300 g/mol. The quantitative estimate of drug-likeness (QED) is 0.573. The summed E-state index contributed by atoms with van der Waals surface area (Å²) in [6.07, 6.45) is 7.74. The Labute approximate surface area is 137 Å². The van der Waals surface area contributed by atoms with Crippen molar-refractivity contribution in [1.29, 1.82) is 0 Å². The van der Waals surface area contributed by atoms with Gasteiger partial charge in [0.05, 0.1) is 0 Å². The lowest BCUT2D eigenvalue weighted by Gasteiger charge is -2.15. The zero-order valence-electron chi connectivity index (χ0n) is 13.1. The number of rotatable bonds is 4. The number of hydrogen-bond donors (Lipinski definition) is 0. The van der Waals surface area contributed by atoms with E-state index in [1.54, 1.807) is 0 Å². The molecule has 23 heavy (non-hydrogen) atoms. The summed E-state index contributed by atoms with van der Waals surface area (Å²) < 4.78 is 0. The molecule has 0 radical (unpaired) electrons. The fourth-order valence-electron chi connectivity index (χ4n) is 2.67. The summed E-state index contributed by atoms with van der Waals surface area (Å²) in [5, 5.41) is 0.